The predicted molar refractivity (Wildman–Crippen MR) is 141 cm³/mol. The second kappa shape index (κ2) is 12.0. The van der Waals surface area contributed by atoms with E-state index in [-0.39, 0.29) is 11.1 Å². The van der Waals surface area contributed by atoms with Crippen molar-refractivity contribution in [2.45, 2.75) is 123 Å². The molecule has 2 atom stereocenters. The van der Waals surface area contributed by atoms with Gasteiger partial charge >= 0.3 is 0 Å². The molecule has 0 saturated heterocycles. The summed E-state index contributed by atoms with van der Waals surface area (Å²) in [6.07, 6.45) is 4.68. The summed E-state index contributed by atoms with van der Waals surface area (Å²) in [5.74, 6) is 0.417. The van der Waals surface area contributed by atoms with E-state index in [0.29, 0.717) is 22.5 Å². The number of hydrogen-bond acceptors (Lipinski definition) is 2. The lowest BCUT2D eigenvalue weighted by atomic mass is 10.0. The van der Waals surface area contributed by atoms with Crippen LogP contribution in [0.4, 0.5) is 0 Å². The second-order valence-corrected chi connectivity index (χ2v) is 21.9. The van der Waals surface area contributed by atoms with E-state index in [1.165, 1.54) is 0 Å². The van der Waals surface area contributed by atoms with Gasteiger partial charge in [-0.2, -0.15) is 0 Å². The van der Waals surface area contributed by atoms with Crippen LogP contribution in [0.5, 0.6) is 0 Å². The summed E-state index contributed by atoms with van der Waals surface area (Å²) in [6, 6.07) is 0. The van der Waals surface area contributed by atoms with Gasteiger partial charge in [-0.15, -0.1) is 0 Å². The quantitative estimate of drug-likeness (QED) is 0.182. The molecule has 0 aliphatic rings. The van der Waals surface area contributed by atoms with Crippen molar-refractivity contribution >= 4 is 39.2 Å². The van der Waals surface area contributed by atoms with Crippen LogP contribution in [-0.4, -0.2) is 29.3 Å². The smallest absolute Gasteiger partial charge is 0.200 e. The SMILES string of the molecule is CC(C)[Si](OC[C@@H](C)[C@@H](CC/C=C/I)O[Si](C)(C)C(C)(C)C)(C(C)C)C(C)C. The van der Waals surface area contributed by atoms with E-state index in [4.69, 9.17) is 8.85 Å². The molecular weight excluding hydrogens is 491 g/mol. The molecule has 0 unspecified atom stereocenters. The maximum Gasteiger partial charge on any atom is 0.200 e. The third-order valence-corrected chi connectivity index (χ3v) is 18.0. The summed E-state index contributed by atoms with van der Waals surface area (Å²) < 4.78 is 15.9. The van der Waals surface area contributed by atoms with Crippen LogP contribution in [0.2, 0.25) is 34.8 Å². The van der Waals surface area contributed by atoms with Crippen LogP contribution in [0, 0.1) is 5.92 Å². The van der Waals surface area contributed by atoms with Crippen molar-refractivity contribution in [3.8, 4) is 0 Å². The topological polar surface area (TPSA) is 18.5 Å². The van der Waals surface area contributed by atoms with E-state index < -0.39 is 16.6 Å². The predicted octanol–water partition coefficient (Wildman–Crippen LogP) is 8.93. The molecule has 0 aromatic carbocycles. The molecule has 0 spiro atoms. The molecule has 0 N–H and O–H groups in total. The van der Waals surface area contributed by atoms with Gasteiger partial charge in [-0.3, -0.25) is 0 Å². The first kappa shape index (κ1) is 28.8. The van der Waals surface area contributed by atoms with Crippen LogP contribution in [0.3, 0.4) is 0 Å². The summed E-state index contributed by atoms with van der Waals surface area (Å²) in [6.45, 7) is 29.1. The Kier molecular flexibility index (Phi) is 12.4. The van der Waals surface area contributed by atoms with Gasteiger partial charge in [0.1, 0.15) is 0 Å². The van der Waals surface area contributed by atoms with E-state index in [2.05, 4.69) is 115 Å². The van der Waals surface area contributed by atoms with Gasteiger partial charge < -0.3 is 8.85 Å². The van der Waals surface area contributed by atoms with Gasteiger partial charge in [-0.25, -0.2) is 0 Å². The number of hydrogen-bond donors (Lipinski definition) is 0. The van der Waals surface area contributed by atoms with Crippen LogP contribution in [0.1, 0.15) is 82.1 Å². The fraction of sp³-hybridized carbons (Fsp3) is 0.913. The first-order valence-corrected chi connectivity index (χ1v) is 17.5. The van der Waals surface area contributed by atoms with Crippen LogP contribution in [0.15, 0.2) is 10.2 Å². The van der Waals surface area contributed by atoms with Crippen LogP contribution in [0.25, 0.3) is 0 Å². The normalized spacial score (nSPS) is 16.6. The minimum absolute atomic E-state index is 0.233. The lowest BCUT2D eigenvalue weighted by Crippen LogP contribution is -2.50. The molecule has 0 radical (unpaired) electrons. The maximum absolute atomic E-state index is 6.92. The molecule has 0 aromatic heterocycles. The summed E-state index contributed by atoms with van der Waals surface area (Å²) in [5.41, 5.74) is 1.88. The standard InChI is InChI=1S/C23H49IO2Si2/c1-18(2)28(19(3)4,20(5)6)25-17-21(7)22(15-13-14-16-24)26-27(11,12)23(8,9)10/h14,16,18-22H,13,15,17H2,1-12H3/b16-14+/t21-,22-/m1/s1. The highest BCUT2D eigenvalue weighted by Crippen LogP contribution is 2.43. The molecule has 0 heterocycles. The molecule has 0 aliphatic carbocycles. The largest absolute Gasteiger partial charge is 0.416 e. The Balaban J connectivity index is 5.45. The highest BCUT2D eigenvalue weighted by Gasteiger charge is 2.46. The Morgan fingerprint density at radius 2 is 1.36 bits per heavy atom. The molecule has 168 valence electrons. The number of rotatable bonds is 12. The van der Waals surface area contributed by atoms with Crippen molar-refractivity contribution in [3.63, 3.8) is 0 Å². The fourth-order valence-corrected chi connectivity index (χ4v) is 11.6. The van der Waals surface area contributed by atoms with Crippen molar-refractivity contribution in [3.05, 3.63) is 10.2 Å². The highest BCUT2D eigenvalue weighted by atomic mass is 127. The zero-order chi connectivity index (χ0) is 22.3. The molecule has 0 rings (SSSR count). The minimum atomic E-state index is -1.83. The molecular formula is C23H49IO2Si2. The average Bonchev–Trinajstić information content (AvgIpc) is 2.52. The molecule has 0 amide bonds. The van der Waals surface area contributed by atoms with Crippen molar-refractivity contribution in [2.75, 3.05) is 6.61 Å². The van der Waals surface area contributed by atoms with E-state index in [1.807, 2.05) is 0 Å². The minimum Gasteiger partial charge on any atom is -0.416 e. The van der Waals surface area contributed by atoms with Gasteiger partial charge in [0.15, 0.2) is 16.6 Å². The van der Waals surface area contributed by atoms with Gasteiger partial charge in [0.25, 0.3) is 0 Å². The second-order valence-electron chi connectivity index (χ2n) is 11.0. The average molecular weight is 541 g/mol. The van der Waals surface area contributed by atoms with Crippen molar-refractivity contribution in [1.82, 2.24) is 0 Å². The monoisotopic (exact) mass is 540 g/mol. The molecule has 0 aromatic rings. The van der Waals surface area contributed by atoms with Gasteiger partial charge in [0.05, 0.1) is 6.10 Å². The van der Waals surface area contributed by atoms with Gasteiger partial charge in [-0.1, -0.05) is 97.9 Å². The fourth-order valence-electron chi connectivity index (χ4n) is 4.22. The molecule has 2 nitrogen and oxygen atoms in total. The molecule has 0 aliphatic heterocycles. The Morgan fingerprint density at radius 3 is 1.71 bits per heavy atom. The third kappa shape index (κ3) is 7.82. The van der Waals surface area contributed by atoms with E-state index in [1.54, 1.807) is 0 Å². The highest BCUT2D eigenvalue weighted by molar-refractivity contribution is 14.1. The maximum atomic E-state index is 6.92. The van der Waals surface area contributed by atoms with E-state index >= 15 is 0 Å². The Bertz CT molecular complexity index is 446. The van der Waals surface area contributed by atoms with Crippen LogP contribution < -0.4 is 0 Å². The first-order valence-electron chi connectivity index (χ1n) is 11.2. The Morgan fingerprint density at radius 1 is 0.893 bits per heavy atom. The van der Waals surface area contributed by atoms with Crippen molar-refractivity contribution < 1.29 is 8.85 Å². The number of halogens is 1. The zero-order valence-electron chi connectivity index (χ0n) is 20.9. The molecule has 0 fully saturated rings. The van der Waals surface area contributed by atoms with Crippen molar-refractivity contribution in [1.29, 1.82) is 0 Å². The van der Waals surface area contributed by atoms with E-state index in [9.17, 15) is 0 Å². The first-order chi connectivity index (χ1) is 12.6. The van der Waals surface area contributed by atoms with Gasteiger partial charge in [-0.05, 0) is 51.7 Å². The lowest BCUT2D eigenvalue weighted by Gasteiger charge is -2.44. The summed E-state index contributed by atoms with van der Waals surface area (Å²) in [5, 5.41) is 0.233. The van der Waals surface area contributed by atoms with Crippen LogP contribution in [-0.2, 0) is 8.85 Å². The lowest BCUT2D eigenvalue weighted by molar-refractivity contribution is 0.0808. The third-order valence-electron chi connectivity index (χ3n) is 6.90. The Labute approximate surface area is 193 Å². The summed E-state index contributed by atoms with van der Waals surface area (Å²) >= 11 is 2.31. The summed E-state index contributed by atoms with van der Waals surface area (Å²) in [4.78, 5) is 0. The molecule has 5 heteroatoms. The summed E-state index contributed by atoms with van der Waals surface area (Å²) in [7, 11) is -3.63. The molecule has 28 heavy (non-hydrogen) atoms. The van der Waals surface area contributed by atoms with Crippen molar-refractivity contribution in [2.24, 2.45) is 5.92 Å². The van der Waals surface area contributed by atoms with Gasteiger partial charge in [0.2, 0.25) is 0 Å². The zero-order valence-corrected chi connectivity index (χ0v) is 25.0. The van der Waals surface area contributed by atoms with Gasteiger partial charge in [0, 0.05) is 12.5 Å². The van der Waals surface area contributed by atoms with Crippen LogP contribution >= 0.6 is 22.6 Å². The molecule has 0 bridgehead atoms. The Hall–Kier alpha value is 0.824. The van der Waals surface area contributed by atoms with E-state index in [0.717, 1.165) is 19.4 Å². The molecule has 0 saturated carbocycles. The number of allylic oxidation sites excluding steroid dienone is 1.